The first-order valence-electron chi connectivity index (χ1n) is 10.9. The molecule has 0 spiro atoms. The van der Waals surface area contributed by atoms with Crippen LogP contribution in [0.5, 0.6) is 0 Å². The van der Waals surface area contributed by atoms with Crippen molar-refractivity contribution in [2.24, 2.45) is 0 Å². The van der Waals surface area contributed by atoms with Crippen molar-refractivity contribution in [2.75, 3.05) is 0 Å². The van der Waals surface area contributed by atoms with Crippen LogP contribution in [0.3, 0.4) is 0 Å². The fourth-order valence-corrected chi connectivity index (χ4v) is 31.9. The Hall–Kier alpha value is 0.254. The first-order valence-corrected chi connectivity index (χ1v) is 24.1. The van der Waals surface area contributed by atoms with Gasteiger partial charge in [-0.05, 0) is 64.0 Å². The molecule has 1 aliphatic heterocycles. The SMILES string of the molecule is C[Si]1(C)O[Si](C)(C)O[Si](C)(CCC(F)(F)F)O[Si](CCC(F)(F)F)(CCC(F)(F)F)O[Si](C)(C)O1. The third kappa shape index (κ3) is 13.6. The fourth-order valence-electron chi connectivity index (χ4n) is 4.11. The molecular weight excluding hydrogens is 584 g/mol. The van der Waals surface area contributed by atoms with Crippen LogP contribution in [-0.4, -0.2) is 61.3 Å². The van der Waals surface area contributed by atoms with E-state index in [0.717, 1.165) is 0 Å². The van der Waals surface area contributed by atoms with Crippen LogP contribution in [0.25, 0.3) is 0 Å². The number of rotatable bonds is 6. The summed E-state index contributed by atoms with van der Waals surface area (Å²) in [6.07, 6.45) is -18.5. The van der Waals surface area contributed by atoms with E-state index < -0.39 is 98.7 Å². The highest BCUT2D eigenvalue weighted by atomic mass is 28.5. The highest BCUT2D eigenvalue weighted by molar-refractivity contribution is 6.93. The lowest BCUT2D eigenvalue weighted by atomic mass is 10.5. The molecule has 19 heteroatoms. The standard InChI is InChI=1S/C16H33F9O5Si5/c1-31(2)26-32(3,4)28-34(7,11-8-14(17,18)19)30-35(12-9-15(20,21)22,13-10-16(23,24)25)29-33(5,6)27-31/h8-13H2,1-7H3. The van der Waals surface area contributed by atoms with Crippen molar-refractivity contribution in [2.45, 2.75) is 102 Å². The molecular formula is C16H33F9O5Si5. The summed E-state index contributed by atoms with van der Waals surface area (Å²) in [5.41, 5.74) is 0. The summed E-state index contributed by atoms with van der Waals surface area (Å²) in [6, 6.07) is -2.57. The van der Waals surface area contributed by atoms with Crippen LogP contribution in [0.1, 0.15) is 19.3 Å². The van der Waals surface area contributed by atoms with E-state index >= 15 is 0 Å². The first-order chi connectivity index (χ1) is 15.2. The number of hydrogen-bond donors (Lipinski definition) is 0. The quantitative estimate of drug-likeness (QED) is 0.228. The maximum atomic E-state index is 13.2. The second kappa shape index (κ2) is 10.8. The highest BCUT2D eigenvalue weighted by Crippen LogP contribution is 2.41. The Morgan fingerprint density at radius 1 is 0.429 bits per heavy atom. The second-order valence-electron chi connectivity index (χ2n) is 10.1. The Balaban J connectivity index is 3.66. The van der Waals surface area contributed by atoms with E-state index in [2.05, 4.69) is 0 Å². The summed E-state index contributed by atoms with van der Waals surface area (Å²) < 4.78 is 149. The molecule has 1 unspecified atom stereocenters. The van der Waals surface area contributed by atoms with Crippen molar-refractivity contribution in [3.63, 3.8) is 0 Å². The molecule has 0 aromatic rings. The second-order valence-corrected chi connectivity index (χ2v) is 28.2. The maximum absolute atomic E-state index is 13.2. The van der Waals surface area contributed by atoms with E-state index in [9.17, 15) is 39.5 Å². The molecule has 0 amide bonds. The van der Waals surface area contributed by atoms with Gasteiger partial charge >= 0.3 is 61.3 Å². The van der Waals surface area contributed by atoms with Gasteiger partial charge in [0.2, 0.25) is 0 Å². The third-order valence-electron chi connectivity index (χ3n) is 4.72. The monoisotopic (exact) mass is 616 g/mol. The van der Waals surface area contributed by atoms with Crippen molar-refractivity contribution in [3.05, 3.63) is 0 Å². The maximum Gasteiger partial charge on any atom is 0.389 e. The number of hydrogen-bond acceptors (Lipinski definition) is 5. The van der Waals surface area contributed by atoms with Gasteiger partial charge in [-0.3, -0.25) is 0 Å². The Morgan fingerprint density at radius 3 is 1.11 bits per heavy atom. The van der Waals surface area contributed by atoms with E-state index in [1.165, 1.54) is 19.6 Å². The van der Waals surface area contributed by atoms with Gasteiger partial charge in [0, 0.05) is 19.3 Å². The van der Waals surface area contributed by atoms with E-state index in [0.29, 0.717) is 0 Å². The summed E-state index contributed by atoms with van der Waals surface area (Å²) in [5.74, 6) is 0. The molecule has 5 nitrogen and oxygen atoms in total. The summed E-state index contributed by atoms with van der Waals surface area (Å²) in [5, 5.41) is 0. The minimum Gasteiger partial charge on any atom is -0.416 e. The van der Waals surface area contributed by atoms with E-state index in [-0.39, 0.29) is 0 Å². The molecule has 1 heterocycles. The molecule has 1 saturated heterocycles. The zero-order valence-corrected chi connectivity index (χ0v) is 25.7. The Kier molecular flexibility index (Phi) is 10.3. The number of alkyl halides is 9. The highest BCUT2D eigenvalue weighted by Gasteiger charge is 2.57. The van der Waals surface area contributed by atoms with Crippen molar-refractivity contribution in [1.29, 1.82) is 0 Å². The average Bonchev–Trinajstić information content (AvgIpc) is 2.50. The molecule has 0 aliphatic carbocycles. The van der Waals surface area contributed by atoms with Gasteiger partial charge in [-0.15, -0.1) is 0 Å². The van der Waals surface area contributed by atoms with Crippen LogP contribution in [0.2, 0.25) is 64.0 Å². The van der Waals surface area contributed by atoms with E-state index in [4.69, 9.17) is 20.6 Å². The molecule has 1 aliphatic rings. The molecule has 0 aromatic carbocycles. The third-order valence-corrected chi connectivity index (χ3v) is 26.1. The van der Waals surface area contributed by atoms with Gasteiger partial charge in [0.1, 0.15) is 0 Å². The Labute approximate surface area is 204 Å². The summed E-state index contributed by atoms with van der Waals surface area (Å²) in [6.45, 7) is 10.5. The Bertz CT molecular complexity index is 697. The van der Waals surface area contributed by atoms with Gasteiger partial charge in [-0.2, -0.15) is 39.5 Å². The number of halogens is 9. The minimum absolute atomic E-state index is 0.725. The molecule has 0 saturated carbocycles. The largest absolute Gasteiger partial charge is 0.416 e. The van der Waals surface area contributed by atoms with Gasteiger partial charge in [0.05, 0.1) is 0 Å². The van der Waals surface area contributed by atoms with Gasteiger partial charge < -0.3 is 20.6 Å². The molecule has 1 rings (SSSR count). The molecule has 0 N–H and O–H groups in total. The average molecular weight is 617 g/mol. The lowest BCUT2D eigenvalue weighted by Crippen LogP contribution is -2.66. The molecule has 35 heavy (non-hydrogen) atoms. The molecule has 1 atom stereocenters. The Morgan fingerprint density at radius 2 is 0.743 bits per heavy atom. The van der Waals surface area contributed by atoms with Gasteiger partial charge in [0.15, 0.2) is 0 Å². The molecule has 0 radical (unpaired) electrons. The van der Waals surface area contributed by atoms with Gasteiger partial charge in [-0.25, -0.2) is 0 Å². The zero-order chi connectivity index (χ0) is 27.8. The smallest absolute Gasteiger partial charge is 0.389 e. The lowest BCUT2D eigenvalue weighted by molar-refractivity contribution is -0.133. The van der Waals surface area contributed by atoms with E-state index in [1.807, 2.05) is 0 Å². The topological polar surface area (TPSA) is 46.2 Å². The molecule has 0 bridgehead atoms. The van der Waals surface area contributed by atoms with Crippen LogP contribution in [0.15, 0.2) is 0 Å². The predicted molar refractivity (Wildman–Crippen MR) is 122 cm³/mol. The lowest BCUT2D eigenvalue weighted by Gasteiger charge is -2.49. The van der Waals surface area contributed by atoms with Gasteiger partial charge in [-0.1, -0.05) is 0 Å². The van der Waals surface area contributed by atoms with Crippen LogP contribution < -0.4 is 0 Å². The minimum atomic E-state index is -4.75. The summed E-state index contributed by atoms with van der Waals surface area (Å²) in [7, 11) is -18.4. The predicted octanol–water partition coefficient (Wildman–Crippen LogP) is 7.56. The van der Waals surface area contributed by atoms with Crippen molar-refractivity contribution < 1.29 is 60.1 Å². The molecule has 210 valence electrons. The van der Waals surface area contributed by atoms with Gasteiger partial charge in [0.25, 0.3) is 0 Å². The van der Waals surface area contributed by atoms with Crippen LogP contribution in [-0.2, 0) is 20.6 Å². The van der Waals surface area contributed by atoms with E-state index in [1.54, 1.807) is 26.2 Å². The zero-order valence-electron chi connectivity index (χ0n) is 20.7. The normalized spacial score (nSPS) is 27.4. The summed E-state index contributed by atoms with van der Waals surface area (Å²) in [4.78, 5) is 0. The molecule has 0 aromatic heterocycles. The van der Waals surface area contributed by atoms with Crippen LogP contribution >= 0.6 is 0 Å². The fraction of sp³-hybridized carbons (Fsp3) is 1.00. The summed E-state index contributed by atoms with van der Waals surface area (Å²) >= 11 is 0. The van der Waals surface area contributed by atoms with Crippen molar-refractivity contribution in [1.82, 2.24) is 0 Å². The first kappa shape index (κ1) is 33.3. The van der Waals surface area contributed by atoms with Crippen molar-refractivity contribution >= 4 is 42.8 Å². The molecule has 1 fully saturated rings. The van der Waals surface area contributed by atoms with Crippen LogP contribution in [0.4, 0.5) is 39.5 Å². The van der Waals surface area contributed by atoms with Crippen LogP contribution in [0, 0.1) is 0 Å². The van der Waals surface area contributed by atoms with Crippen molar-refractivity contribution in [3.8, 4) is 0 Å².